The van der Waals surface area contributed by atoms with Crippen LogP contribution in [0.5, 0.6) is 0 Å². The molecule has 1 aromatic rings. The SMILES string of the molecule is C/C=C(\C=C/C/C=C/CN=CNC(C)/C=C(\C)Cl)c1ccccc1. The van der Waals surface area contributed by atoms with Crippen molar-refractivity contribution in [1.82, 2.24) is 5.32 Å². The number of rotatable bonds is 9. The van der Waals surface area contributed by atoms with Crippen molar-refractivity contribution in [3.8, 4) is 0 Å². The lowest BCUT2D eigenvalue weighted by molar-refractivity contribution is 0.813. The minimum absolute atomic E-state index is 0.190. The number of nitrogens with one attached hydrogen (secondary N) is 1. The minimum Gasteiger partial charge on any atom is -0.370 e. The fraction of sp³-hybridized carbons (Fsp3) is 0.286. The lowest BCUT2D eigenvalue weighted by Crippen LogP contribution is -2.22. The Morgan fingerprint density at radius 3 is 2.62 bits per heavy atom. The molecule has 0 aliphatic carbocycles. The predicted octanol–water partition coefficient (Wildman–Crippen LogP) is 5.74. The van der Waals surface area contributed by atoms with Crippen LogP contribution in [0.3, 0.4) is 0 Å². The smallest absolute Gasteiger partial charge is 0.0832 e. The van der Waals surface area contributed by atoms with E-state index in [9.17, 15) is 0 Å². The summed E-state index contributed by atoms with van der Waals surface area (Å²) < 4.78 is 0. The van der Waals surface area contributed by atoms with E-state index in [2.05, 4.69) is 71.9 Å². The van der Waals surface area contributed by atoms with Crippen molar-refractivity contribution in [3.05, 3.63) is 77.4 Å². The quantitative estimate of drug-likeness (QED) is 0.263. The first kappa shape index (κ1) is 20.0. The van der Waals surface area contributed by atoms with Gasteiger partial charge in [-0.15, -0.1) is 0 Å². The summed E-state index contributed by atoms with van der Waals surface area (Å²) in [6, 6.07) is 10.6. The average molecular weight is 343 g/mol. The number of hydrogen-bond acceptors (Lipinski definition) is 1. The van der Waals surface area contributed by atoms with Crippen LogP contribution in [0.25, 0.3) is 5.57 Å². The maximum absolute atomic E-state index is 5.81. The Morgan fingerprint density at radius 2 is 1.96 bits per heavy atom. The van der Waals surface area contributed by atoms with E-state index in [0.29, 0.717) is 6.54 Å². The fourth-order valence-corrected chi connectivity index (χ4v) is 2.30. The molecular weight excluding hydrogens is 316 g/mol. The van der Waals surface area contributed by atoms with Gasteiger partial charge in [-0.05, 0) is 44.4 Å². The largest absolute Gasteiger partial charge is 0.370 e. The van der Waals surface area contributed by atoms with Crippen molar-refractivity contribution in [2.24, 2.45) is 4.99 Å². The van der Waals surface area contributed by atoms with E-state index in [-0.39, 0.29) is 6.04 Å². The highest BCUT2D eigenvalue weighted by Crippen LogP contribution is 2.15. The van der Waals surface area contributed by atoms with Crippen molar-refractivity contribution in [1.29, 1.82) is 0 Å². The minimum atomic E-state index is 0.190. The van der Waals surface area contributed by atoms with Crippen LogP contribution >= 0.6 is 11.6 Å². The van der Waals surface area contributed by atoms with Crippen LogP contribution in [0.15, 0.2) is 76.8 Å². The lowest BCUT2D eigenvalue weighted by atomic mass is 10.1. The molecule has 24 heavy (non-hydrogen) atoms. The van der Waals surface area contributed by atoms with Gasteiger partial charge in [0.15, 0.2) is 0 Å². The molecule has 0 heterocycles. The Hall–Kier alpha value is -2.06. The van der Waals surface area contributed by atoms with Gasteiger partial charge in [0, 0.05) is 11.1 Å². The molecule has 2 nitrogen and oxygen atoms in total. The second-order valence-corrected chi connectivity index (χ2v) is 6.02. The van der Waals surface area contributed by atoms with Gasteiger partial charge >= 0.3 is 0 Å². The maximum atomic E-state index is 5.81. The van der Waals surface area contributed by atoms with Crippen LogP contribution in [0.4, 0.5) is 0 Å². The molecule has 0 aliphatic rings. The van der Waals surface area contributed by atoms with Crippen molar-refractivity contribution < 1.29 is 0 Å². The number of halogens is 1. The van der Waals surface area contributed by atoms with Crippen molar-refractivity contribution in [3.63, 3.8) is 0 Å². The molecule has 1 aromatic carbocycles. The molecule has 1 N–H and O–H groups in total. The number of benzene rings is 1. The first-order chi connectivity index (χ1) is 11.6. The third-order valence-electron chi connectivity index (χ3n) is 3.27. The van der Waals surface area contributed by atoms with Crippen LogP contribution in [-0.2, 0) is 0 Å². The topological polar surface area (TPSA) is 24.4 Å². The zero-order valence-corrected chi connectivity index (χ0v) is 15.5. The molecule has 0 radical (unpaired) electrons. The molecule has 0 saturated heterocycles. The molecule has 0 saturated carbocycles. The lowest BCUT2D eigenvalue weighted by Gasteiger charge is -2.04. The van der Waals surface area contributed by atoms with Gasteiger partial charge in [-0.2, -0.15) is 0 Å². The molecule has 0 fully saturated rings. The molecule has 0 bridgehead atoms. The van der Waals surface area contributed by atoms with Crippen LogP contribution < -0.4 is 5.32 Å². The summed E-state index contributed by atoms with van der Waals surface area (Å²) in [7, 11) is 0. The summed E-state index contributed by atoms with van der Waals surface area (Å²) in [5, 5.41) is 3.93. The van der Waals surface area contributed by atoms with Gasteiger partial charge in [-0.3, -0.25) is 4.99 Å². The van der Waals surface area contributed by atoms with Crippen molar-refractivity contribution in [2.45, 2.75) is 33.2 Å². The molecule has 0 spiro atoms. The molecule has 1 rings (SSSR count). The summed E-state index contributed by atoms with van der Waals surface area (Å²) in [6.07, 6.45) is 15.2. The van der Waals surface area contributed by atoms with E-state index in [4.69, 9.17) is 11.6 Å². The van der Waals surface area contributed by atoms with E-state index in [1.54, 1.807) is 6.34 Å². The Balaban J connectivity index is 2.29. The van der Waals surface area contributed by atoms with E-state index in [1.807, 2.05) is 26.0 Å². The van der Waals surface area contributed by atoms with Crippen LogP contribution in [-0.4, -0.2) is 18.9 Å². The third-order valence-corrected chi connectivity index (χ3v) is 3.40. The summed E-state index contributed by atoms with van der Waals surface area (Å²) >= 11 is 5.81. The summed E-state index contributed by atoms with van der Waals surface area (Å²) in [5.74, 6) is 0. The van der Waals surface area contributed by atoms with Gasteiger partial charge in [0.05, 0.1) is 12.9 Å². The van der Waals surface area contributed by atoms with Crippen molar-refractivity contribution in [2.75, 3.05) is 6.54 Å². The van der Waals surface area contributed by atoms with Gasteiger partial charge in [0.25, 0.3) is 0 Å². The maximum Gasteiger partial charge on any atom is 0.0832 e. The molecule has 0 aliphatic heterocycles. The number of nitrogens with zero attached hydrogens (tertiary/aromatic N) is 1. The molecule has 0 aromatic heterocycles. The van der Waals surface area contributed by atoms with Gasteiger partial charge in [0.1, 0.15) is 0 Å². The highest BCUT2D eigenvalue weighted by molar-refractivity contribution is 6.29. The molecule has 128 valence electrons. The molecule has 0 amide bonds. The Morgan fingerprint density at radius 1 is 1.21 bits per heavy atom. The van der Waals surface area contributed by atoms with E-state index in [1.165, 1.54) is 11.1 Å². The fourth-order valence-electron chi connectivity index (χ4n) is 2.11. The zero-order valence-electron chi connectivity index (χ0n) is 14.7. The zero-order chi connectivity index (χ0) is 17.6. The third kappa shape index (κ3) is 9.16. The predicted molar refractivity (Wildman–Crippen MR) is 109 cm³/mol. The van der Waals surface area contributed by atoms with Crippen molar-refractivity contribution >= 4 is 23.5 Å². The normalized spacial score (nSPS) is 14.8. The van der Waals surface area contributed by atoms with Crippen LogP contribution in [0.2, 0.25) is 0 Å². The molecule has 1 atom stereocenters. The Labute approximate surface area is 151 Å². The van der Waals surface area contributed by atoms with Gasteiger partial charge in [-0.25, -0.2) is 0 Å². The Kier molecular flexibility index (Phi) is 10.3. The summed E-state index contributed by atoms with van der Waals surface area (Å²) in [5.41, 5.74) is 2.48. The van der Waals surface area contributed by atoms with Crippen LogP contribution in [0.1, 0.15) is 32.8 Å². The number of allylic oxidation sites excluding steroid dienone is 6. The van der Waals surface area contributed by atoms with E-state index >= 15 is 0 Å². The second kappa shape index (κ2) is 12.4. The number of hydrogen-bond donors (Lipinski definition) is 1. The summed E-state index contributed by atoms with van der Waals surface area (Å²) in [4.78, 5) is 4.28. The first-order valence-electron chi connectivity index (χ1n) is 8.25. The van der Waals surface area contributed by atoms with Gasteiger partial charge < -0.3 is 5.32 Å². The Bertz CT molecular complexity index is 606. The average Bonchev–Trinajstić information content (AvgIpc) is 2.57. The summed E-state index contributed by atoms with van der Waals surface area (Å²) in [6.45, 7) is 6.63. The second-order valence-electron chi connectivity index (χ2n) is 5.42. The van der Waals surface area contributed by atoms with E-state index in [0.717, 1.165) is 11.5 Å². The molecule has 1 unspecified atom stereocenters. The van der Waals surface area contributed by atoms with E-state index < -0.39 is 0 Å². The molecular formula is C21H27ClN2. The number of aliphatic imine (C=N–C) groups is 1. The van der Waals surface area contributed by atoms with Crippen LogP contribution in [0, 0.1) is 0 Å². The van der Waals surface area contributed by atoms with Gasteiger partial charge in [0.2, 0.25) is 0 Å². The molecule has 3 heteroatoms. The standard InChI is InChI=1S/C21H27ClN2/c1-4-20(21-13-9-7-10-14-21)12-8-5-6-11-15-23-17-24-19(3)16-18(2)22/h4,6-14,16-17,19H,5,15H2,1-3H3,(H,23,24)/b11-6+,12-8-,18-16+,20-4+. The highest BCUT2D eigenvalue weighted by atomic mass is 35.5. The van der Waals surface area contributed by atoms with Gasteiger partial charge in [-0.1, -0.05) is 72.3 Å². The first-order valence-corrected chi connectivity index (χ1v) is 8.62. The highest BCUT2D eigenvalue weighted by Gasteiger charge is 1.93. The monoisotopic (exact) mass is 342 g/mol.